The van der Waals surface area contributed by atoms with Gasteiger partial charge in [-0.1, -0.05) is 24.3 Å². The third-order valence-corrected chi connectivity index (χ3v) is 5.88. The maximum Gasteiger partial charge on any atom is 0.222 e. The van der Waals surface area contributed by atoms with Crippen molar-refractivity contribution in [2.45, 2.75) is 25.3 Å². The normalized spacial score (nSPS) is 21.4. The minimum absolute atomic E-state index is 0.0291. The second kappa shape index (κ2) is 9.75. The van der Waals surface area contributed by atoms with Gasteiger partial charge in [0, 0.05) is 30.9 Å². The molecule has 0 spiro atoms. The number of piperidine rings is 1. The van der Waals surface area contributed by atoms with E-state index >= 15 is 0 Å². The van der Waals surface area contributed by atoms with Crippen LogP contribution in [0, 0.1) is 5.92 Å². The number of primary amides is 1. The Morgan fingerprint density at radius 1 is 1.19 bits per heavy atom. The molecule has 1 amide bonds. The smallest absolute Gasteiger partial charge is 0.222 e. The van der Waals surface area contributed by atoms with Crippen molar-refractivity contribution in [3.63, 3.8) is 0 Å². The monoisotopic (exact) mass is 419 g/mol. The lowest BCUT2D eigenvalue weighted by Gasteiger charge is -2.31. The summed E-state index contributed by atoms with van der Waals surface area (Å²) in [4.78, 5) is 22.9. The van der Waals surface area contributed by atoms with Gasteiger partial charge in [0.15, 0.2) is 0 Å². The lowest BCUT2D eigenvalue weighted by atomic mass is 9.97. The Hall–Kier alpha value is -3.19. The molecule has 2 aromatic carbocycles. The van der Waals surface area contributed by atoms with Crippen LogP contribution < -0.4 is 15.8 Å². The number of anilines is 1. The number of ether oxygens (including phenoxy) is 1. The van der Waals surface area contributed by atoms with Gasteiger partial charge < -0.3 is 15.8 Å². The standard InChI is InChI=1S/C24H29N5O2/c1-31-22-10-6-18(7-11-22)20-13-26-24(27-14-20)28-21-8-4-17(5-9-21)15-29-12-2-3-19(16-29)23(25)30/h4-11,13,19-20H,2-3,12,14-16H2,1H3,(H2,25,30)(H,27,28). The Morgan fingerprint density at radius 2 is 1.97 bits per heavy atom. The van der Waals surface area contributed by atoms with Gasteiger partial charge >= 0.3 is 0 Å². The summed E-state index contributed by atoms with van der Waals surface area (Å²) in [6.07, 6.45) is 3.86. The van der Waals surface area contributed by atoms with Crippen LogP contribution in [-0.2, 0) is 11.3 Å². The van der Waals surface area contributed by atoms with Crippen molar-refractivity contribution in [1.82, 2.24) is 4.90 Å². The van der Waals surface area contributed by atoms with Crippen molar-refractivity contribution in [3.8, 4) is 5.75 Å². The number of rotatable bonds is 6. The number of nitrogens with zero attached hydrogens (tertiary/aromatic N) is 3. The molecule has 2 aliphatic heterocycles. The third kappa shape index (κ3) is 5.49. The Balaban J connectivity index is 1.29. The second-order valence-corrected chi connectivity index (χ2v) is 8.12. The van der Waals surface area contributed by atoms with Crippen molar-refractivity contribution >= 4 is 23.8 Å². The number of amides is 1. The number of guanidine groups is 1. The molecule has 2 aliphatic rings. The molecule has 1 fully saturated rings. The summed E-state index contributed by atoms with van der Waals surface area (Å²) in [5, 5.41) is 3.28. The van der Waals surface area contributed by atoms with Gasteiger partial charge in [0.1, 0.15) is 5.75 Å². The minimum Gasteiger partial charge on any atom is -0.497 e. The van der Waals surface area contributed by atoms with Gasteiger partial charge in [0.2, 0.25) is 11.9 Å². The molecule has 162 valence electrons. The van der Waals surface area contributed by atoms with Gasteiger partial charge in [-0.05, 0) is 54.8 Å². The summed E-state index contributed by atoms with van der Waals surface area (Å²) >= 11 is 0. The number of aliphatic imine (C=N–C) groups is 2. The molecule has 0 saturated carbocycles. The maximum absolute atomic E-state index is 11.5. The number of likely N-dealkylation sites (tertiary alicyclic amines) is 1. The van der Waals surface area contributed by atoms with Crippen LogP contribution in [0.3, 0.4) is 0 Å². The van der Waals surface area contributed by atoms with E-state index in [1.807, 2.05) is 30.5 Å². The van der Waals surface area contributed by atoms with Gasteiger partial charge in [-0.3, -0.25) is 14.7 Å². The summed E-state index contributed by atoms with van der Waals surface area (Å²) in [5.74, 6) is 1.43. The third-order valence-electron chi connectivity index (χ3n) is 5.88. The molecule has 7 nitrogen and oxygen atoms in total. The van der Waals surface area contributed by atoms with Crippen molar-refractivity contribution in [3.05, 3.63) is 59.7 Å². The number of carbonyl (C=O) groups excluding carboxylic acids is 1. The molecule has 2 atom stereocenters. The fourth-order valence-corrected chi connectivity index (χ4v) is 4.06. The SMILES string of the molecule is COc1ccc(C2C=NC(Nc3ccc(CN4CCCC(C(N)=O)C4)cc3)=NC2)cc1. The van der Waals surface area contributed by atoms with E-state index in [1.54, 1.807) is 7.11 Å². The lowest BCUT2D eigenvalue weighted by molar-refractivity contribution is -0.123. The highest BCUT2D eigenvalue weighted by Gasteiger charge is 2.23. The number of carbonyl (C=O) groups is 1. The summed E-state index contributed by atoms with van der Waals surface area (Å²) in [6, 6.07) is 16.3. The van der Waals surface area contributed by atoms with Crippen LogP contribution >= 0.6 is 0 Å². The number of nitrogens with two attached hydrogens (primary N) is 1. The van der Waals surface area contributed by atoms with Crippen LogP contribution in [0.5, 0.6) is 5.75 Å². The minimum atomic E-state index is -0.188. The van der Waals surface area contributed by atoms with Gasteiger partial charge in [-0.15, -0.1) is 0 Å². The van der Waals surface area contributed by atoms with Gasteiger partial charge in [-0.25, -0.2) is 4.99 Å². The Bertz CT molecular complexity index is 953. The fourth-order valence-electron chi connectivity index (χ4n) is 4.06. The molecule has 0 aromatic heterocycles. The van der Waals surface area contributed by atoms with E-state index in [4.69, 9.17) is 10.5 Å². The van der Waals surface area contributed by atoms with E-state index in [2.05, 4.69) is 44.5 Å². The van der Waals surface area contributed by atoms with Gasteiger partial charge in [0.25, 0.3) is 0 Å². The zero-order valence-electron chi connectivity index (χ0n) is 17.8. The first-order valence-electron chi connectivity index (χ1n) is 10.7. The van der Waals surface area contributed by atoms with Crippen molar-refractivity contribution < 1.29 is 9.53 Å². The van der Waals surface area contributed by atoms with Gasteiger partial charge in [-0.2, -0.15) is 0 Å². The molecule has 1 saturated heterocycles. The predicted octanol–water partition coefficient (Wildman–Crippen LogP) is 3.03. The van der Waals surface area contributed by atoms with E-state index in [1.165, 1.54) is 11.1 Å². The topological polar surface area (TPSA) is 92.3 Å². The zero-order valence-corrected chi connectivity index (χ0v) is 17.8. The van der Waals surface area contributed by atoms with Crippen LogP contribution in [0.1, 0.15) is 29.9 Å². The molecule has 0 radical (unpaired) electrons. The van der Waals surface area contributed by atoms with E-state index in [0.717, 1.165) is 43.9 Å². The van der Waals surface area contributed by atoms with Gasteiger partial charge in [0.05, 0.1) is 19.6 Å². The van der Waals surface area contributed by atoms with Crippen LogP contribution in [0.2, 0.25) is 0 Å². The fraction of sp³-hybridized carbons (Fsp3) is 0.375. The average Bonchev–Trinajstić information content (AvgIpc) is 2.81. The van der Waals surface area contributed by atoms with Crippen LogP contribution in [0.4, 0.5) is 5.69 Å². The number of methoxy groups -OCH3 is 1. The number of hydrogen-bond acceptors (Lipinski definition) is 6. The summed E-state index contributed by atoms with van der Waals surface area (Å²) in [7, 11) is 1.67. The Labute approximate surface area is 183 Å². The molecule has 0 bridgehead atoms. The average molecular weight is 420 g/mol. The first-order valence-corrected chi connectivity index (χ1v) is 10.7. The maximum atomic E-state index is 11.5. The molecule has 0 aliphatic carbocycles. The van der Waals surface area contributed by atoms with Crippen molar-refractivity contribution in [2.24, 2.45) is 21.6 Å². The molecule has 4 rings (SSSR count). The van der Waals surface area contributed by atoms with Crippen molar-refractivity contribution in [1.29, 1.82) is 0 Å². The highest BCUT2D eigenvalue weighted by atomic mass is 16.5. The number of benzene rings is 2. The van der Waals surface area contributed by atoms with E-state index in [0.29, 0.717) is 12.5 Å². The number of hydrogen-bond donors (Lipinski definition) is 2. The predicted molar refractivity (Wildman–Crippen MR) is 124 cm³/mol. The molecule has 3 N–H and O–H groups in total. The first kappa shape index (κ1) is 21.1. The molecule has 2 heterocycles. The van der Waals surface area contributed by atoms with E-state index in [9.17, 15) is 4.79 Å². The van der Waals surface area contributed by atoms with Crippen LogP contribution in [-0.4, -0.2) is 49.7 Å². The quantitative estimate of drug-likeness (QED) is 0.753. The number of nitrogens with one attached hydrogen (secondary N) is 1. The highest BCUT2D eigenvalue weighted by molar-refractivity contribution is 6.00. The van der Waals surface area contributed by atoms with Crippen LogP contribution in [0.15, 0.2) is 58.5 Å². The molecule has 2 unspecified atom stereocenters. The first-order chi connectivity index (χ1) is 15.1. The second-order valence-electron chi connectivity index (χ2n) is 8.12. The molecule has 31 heavy (non-hydrogen) atoms. The summed E-state index contributed by atoms with van der Waals surface area (Å²) in [6.45, 7) is 3.24. The molecular formula is C24H29N5O2. The Kier molecular flexibility index (Phi) is 6.62. The van der Waals surface area contributed by atoms with Crippen LogP contribution in [0.25, 0.3) is 0 Å². The lowest BCUT2D eigenvalue weighted by Crippen LogP contribution is -2.40. The highest BCUT2D eigenvalue weighted by Crippen LogP contribution is 2.22. The van der Waals surface area contributed by atoms with E-state index < -0.39 is 0 Å². The molecular weight excluding hydrogens is 390 g/mol. The van der Waals surface area contributed by atoms with Crippen molar-refractivity contribution in [2.75, 3.05) is 32.1 Å². The largest absolute Gasteiger partial charge is 0.497 e. The zero-order chi connectivity index (χ0) is 21.6. The molecule has 2 aromatic rings. The summed E-state index contributed by atoms with van der Waals surface area (Å²) in [5.41, 5.74) is 8.82. The summed E-state index contributed by atoms with van der Waals surface area (Å²) < 4.78 is 5.21. The Morgan fingerprint density at radius 3 is 2.61 bits per heavy atom. The molecule has 7 heteroatoms. The van der Waals surface area contributed by atoms with E-state index in [-0.39, 0.29) is 17.7 Å².